The molecule has 0 saturated heterocycles. The lowest BCUT2D eigenvalue weighted by molar-refractivity contribution is 0.400. The average molecular weight is 232 g/mol. The van der Waals surface area contributed by atoms with E-state index >= 15 is 0 Å². The van der Waals surface area contributed by atoms with Gasteiger partial charge in [-0.15, -0.1) is 0 Å². The van der Waals surface area contributed by atoms with E-state index in [0.717, 1.165) is 12.3 Å². The molecule has 94 valence electrons. The summed E-state index contributed by atoms with van der Waals surface area (Å²) in [4.78, 5) is 4.50. The Labute approximate surface area is 105 Å². The molecule has 0 amide bonds. The fourth-order valence-corrected chi connectivity index (χ4v) is 2.82. The normalized spacial score (nSPS) is 18.5. The summed E-state index contributed by atoms with van der Waals surface area (Å²) in [6, 6.07) is 4.91. The first-order valence-corrected chi connectivity index (χ1v) is 6.86. The van der Waals surface area contributed by atoms with Gasteiger partial charge in [-0.05, 0) is 37.9 Å². The van der Waals surface area contributed by atoms with Crippen LogP contribution in [0.25, 0.3) is 0 Å². The summed E-state index contributed by atoms with van der Waals surface area (Å²) < 4.78 is 0. The fraction of sp³-hybridized carbons (Fsp3) is 0.667. The maximum absolute atomic E-state index is 4.50. The summed E-state index contributed by atoms with van der Waals surface area (Å²) in [5.41, 5.74) is 2.46. The van der Waals surface area contributed by atoms with Crippen LogP contribution in [-0.2, 0) is 6.42 Å². The van der Waals surface area contributed by atoms with Crippen LogP contribution in [0, 0.1) is 12.8 Å². The van der Waals surface area contributed by atoms with E-state index in [1.54, 1.807) is 0 Å². The quantitative estimate of drug-likeness (QED) is 0.844. The predicted octanol–water partition coefficient (Wildman–Crippen LogP) is 3.10. The molecule has 1 unspecified atom stereocenters. The Morgan fingerprint density at radius 1 is 1.35 bits per heavy atom. The Hall–Kier alpha value is -0.890. The van der Waals surface area contributed by atoms with E-state index < -0.39 is 0 Å². The number of aromatic nitrogens is 1. The Bertz CT molecular complexity index is 325. The molecule has 1 atom stereocenters. The Kier molecular flexibility index (Phi) is 4.55. The molecular weight excluding hydrogens is 208 g/mol. The number of hydrogen-bond acceptors (Lipinski definition) is 2. The molecule has 1 heterocycles. The first-order valence-electron chi connectivity index (χ1n) is 6.86. The van der Waals surface area contributed by atoms with Gasteiger partial charge in [0, 0.05) is 24.4 Å². The van der Waals surface area contributed by atoms with Crippen molar-refractivity contribution in [3.05, 3.63) is 29.6 Å². The van der Waals surface area contributed by atoms with E-state index in [1.807, 2.05) is 6.20 Å². The van der Waals surface area contributed by atoms with Crippen LogP contribution in [-0.4, -0.2) is 18.1 Å². The first kappa shape index (κ1) is 12.6. The Balaban J connectivity index is 1.87. The number of aryl methyl sites for hydroxylation is 1. The molecule has 1 N–H and O–H groups in total. The molecule has 1 saturated carbocycles. The summed E-state index contributed by atoms with van der Waals surface area (Å²) in [7, 11) is 2.08. The molecular formula is C15H24N2. The van der Waals surface area contributed by atoms with Gasteiger partial charge in [-0.1, -0.05) is 31.7 Å². The number of nitrogens with zero attached hydrogens (tertiary/aromatic N) is 1. The zero-order chi connectivity index (χ0) is 12.1. The average Bonchev–Trinajstić information content (AvgIpc) is 2.84. The summed E-state index contributed by atoms with van der Waals surface area (Å²) in [5, 5.41) is 3.45. The standard InChI is InChI=1S/C15H24N2/c1-12-7-8-14(17-11-12)10-15(16-2)9-13-5-3-4-6-13/h7-8,11,13,15-16H,3-6,9-10H2,1-2H3. The first-order chi connectivity index (χ1) is 8.28. The highest BCUT2D eigenvalue weighted by atomic mass is 14.9. The van der Waals surface area contributed by atoms with Crippen LogP contribution in [0.3, 0.4) is 0 Å². The van der Waals surface area contributed by atoms with Gasteiger partial charge in [0.15, 0.2) is 0 Å². The number of likely N-dealkylation sites (N-methyl/N-ethyl adjacent to an activating group) is 1. The number of pyridine rings is 1. The van der Waals surface area contributed by atoms with Gasteiger partial charge >= 0.3 is 0 Å². The number of rotatable bonds is 5. The smallest absolute Gasteiger partial charge is 0.0419 e. The van der Waals surface area contributed by atoms with Crippen molar-refractivity contribution in [1.82, 2.24) is 10.3 Å². The van der Waals surface area contributed by atoms with Gasteiger partial charge in [0.05, 0.1) is 0 Å². The summed E-state index contributed by atoms with van der Waals surface area (Å²) >= 11 is 0. The van der Waals surface area contributed by atoms with Crippen LogP contribution >= 0.6 is 0 Å². The molecule has 0 bridgehead atoms. The van der Waals surface area contributed by atoms with Crippen LogP contribution in [0.2, 0.25) is 0 Å². The third-order valence-electron chi connectivity index (χ3n) is 3.93. The topological polar surface area (TPSA) is 24.9 Å². The maximum Gasteiger partial charge on any atom is 0.0419 e. The molecule has 0 spiro atoms. The monoisotopic (exact) mass is 232 g/mol. The highest BCUT2D eigenvalue weighted by Gasteiger charge is 2.19. The van der Waals surface area contributed by atoms with Crippen LogP contribution in [0.5, 0.6) is 0 Å². The van der Waals surface area contributed by atoms with Crippen molar-refractivity contribution in [2.24, 2.45) is 5.92 Å². The van der Waals surface area contributed by atoms with E-state index in [-0.39, 0.29) is 0 Å². The second-order valence-corrected chi connectivity index (χ2v) is 5.40. The van der Waals surface area contributed by atoms with Gasteiger partial charge in [-0.2, -0.15) is 0 Å². The van der Waals surface area contributed by atoms with Crippen LogP contribution in [0.1, 0.15) is 43.4 Å². The van der Waals surface area contributed by atoms with E-state index in [0.29, 0.717) is 6.04 Å². The van der Waals surface area contributed by atoms with Crippen LogP contribution in [0.15, 0.2) is 18.3 Å². The highest BCUT2D eigenvalue weighted by Crippen LogP contribution is 2.29. The summed E-state index contributed by atoms with van der Waals surface area (Å²) in [5.74, 6) is 0.942. The minimum Gasteiger partial charge on any atom is -0.317 e. The molecule has 1 aromatic heterocycles. The van der Waals surface area contributed by atoms with Crippen molar-refractivity contribution in [3.63, 3.8) is 0 Å². The SMILES string of the molecule is CNC(Cc1ccc(C)cn1)CC1CCCC1. The molecule has 2 nitrogen and oxygen atoms in total. The second kappa shape index (κ2) is 6.15. The van der Waals surface area contributed by atoms with Crippen molar-refractivity contribution < 1.29 is 0 Å². The van der Waals surface area contributed by atoms with E-state index in [2.05, 4.69) is 36.4 Å². The predicted molar refractivity (Wildman–Crippen MR) is 72.1 cm³/mol. The third-order valence-corrected chi connectivity index (χ3v) is 3.93. The van der Waals surface area contributed by atoms with Gasteiger partial charge < -0.3 is 5.32 Å². The van der Waals surface area contributed by atoms with E-state index in [9.17, 15) is 0 Å². The third kappa shape index (κ3) is 3.81. The molecule has 2 heteroatoms. The lowest BCUT2D eigenvalue weighted by atomic mass is 9.95. The second-order valence-electron chi connectivity index (χ2n) is 5.40. The molecule has 1 aromatic rings. The van der Waals surface area contributed by atoms with Crippen molar-refractivity contribution >= 4 is 0 Å². The zero-order valence-corrected chi connectivity index (χ0v) is 11.1. The van der Waals surface area contributed by atoms with Gasteiger partial charge in [-0.3, -0.25) is 4.98 Å². The summed E-state index contributed by atoms with van der Waals surface area (Å²) in [6.07, 6.45) is 10.1. The molecule has 1 aliphatic rings. The van der Waals surface area contributed by atoms with Gasteiger partial charge in [-0.25, -0.2) is 0 Å². The van der Waals surface area contributed by atoms with Crippen LogP contribution < -0.4 is 5.32 Å². The molecule has 2 rings (SSSR count). The van der Waals surface area contributed by atoms with E-state index in [1.165, 1.54) is 43.4 Å². The lowest BCUT2D eigenvalue weighted by Crippen LogP contribution is -2.30. The lowest BCUT2D eigenvalue weighted by Gasteiger charge is -2.19. The van der Waals surface area contributed by atoms with Crippen molar-refractivity contribution in [1.29, 1.82) is 0 Å². The molecule has 17 heavy (non-hydrogen) atoms. The molecule has 1 fully saturated rings. The zero-order valence-electron chi connectivity index (χ0n) is 11.1. The van der Waals surface area contributed by atoms with E-state index in [4.69, 9.17) is 0 Å². The highest BCUT2D eigenvalue weighted by molar-refractivity contribution is 5.13. The molecule has 0 aromatic carbocycles. The largest absolute Gasteiger partial charge is 0.317 e. The van der Waals surface area contributed by atoms with Gasteiger partial charge in [0.1, 0.15) is 0 Å². The minimum absolute atomic E-state index is 0.591. The van der Waals surface area contributed by atoms with Crippen LogP contribution in [0.4, 0.5) is 0 Å². The molecule has 1 aliphatic carbocycles. The Morgan fingerprint density at radius 3 is 2.71 bits per heavy atom. The van der Waals surface area contributed by atoms with Crippen molar-refractivity contribution in [3.8, 4) is 0 Å². The maximum atomic E-state index is 4.50. The van der Waals surface area contributed by atoms with Crippen molar-refractivity contribution in [2.45, 2.75) is 51.5 Å². The summed E-state index contributed by atoms with van der Waals surface area (Å²) in [6.45, 7) is 2.09. The van der Waals surface area contributed by atoms with Crippen molar-refractivity contribution in [2.75, 3.05) is 7.05 Å². The number of hydrogen-bond donors (Lipinski definition) is 1. The molecule has 0 aliphatic heterocycles. The minimum atomic E-state index is 0.591. The van der Waals surface area contributed by atoms with Gasteiger partial charge in [0.2, 0.25) is 0 Å². The molecule has 0 radical (unpaired) electrons. The Morgan fingerprint density at radius 2 is 2.12 bits per heavy atom. The number of nitrogens with one attached hydrogen (secondary N) is 1. The fourth-order valence-electron chi connectivity index (χ4n) is 2.82. The van der Waals surface area contributed by atoms with Gasteiger partial charge in [0.25, 0.3) is 0 Å².